The molecule has 1 aliphatic carbocycles. The number of carbonyl (C=O) groups excluding carboxylic acids is 1. The van der Waals surface area contributed by atoms with Crippen molar-refractivity contribution in [3.63, 3.8) is 0 Å². The molecule has 2 heterocycles. The monoisotopic (exact) mass is 265 g/mol. The molecule has 19 heavy (non-hydrogen) atoms. The number of hydrogen-bond acceptors (Lipinski definition) is 3. The Bertz CT molecular complexity index is 334. The Hall–Kier alpha value is -0.610. The summed E-state index contributed by atoms with van der Waals surface area (Å²) in [6, 6.07) is 0. The minimum atomic E-state index is -0.131. The van der Waals surface area contributed by atoms with E-state index in [1.807, 2.05) is 0 Å². The molecule has 0 bridgehead atoms. The highest BCUT2D eigenvalue weighted by Crippen LogP contribution is 2.42. The van der Waals surface area contributed by atoms with Crippen LogP contribution in [0.2, 0.25) is 0 Å². The minimum Gasteiger partial charge on any atom is -0.325 e. The lowest BCUT2D eigenvalue weighted by molar-refractivity contribution is -0.130. The number of hydrogen-bond donors (Lipinski definition) is 1. The largest absolute Gasteiger partial charge is 0.325 e. The zero-order chi connectivity index (χ0) is 13.3. The van der Waals surface area contributed by atoms with Crippen LogP contribution in [0.25, 0.3) is 0 Å². The molecule has 3 aliphatic rings. The lowest BCUT2D eigenvalue weighted by Gasteiger charge is -2.25. The quantitative estimate of drug-likeness (QED) is 0.792. The molecule has 0 aromatic carbocycles. The van der Waals surface area contributed by atoms with Gasteiger partial charge < -0.3 is 9.80 Å². The Labute approximate surface area is 116 Å². The van der Waals surface area contributed by atoms with Gasteiger partial charge in [-0.15, -0.1) is 0 Å². The molecule has 4 nitrogen and oxygen atoms in total. The maximum absolute atomic E-state index is 12.5. The van der Waals surface area contributed by atoms with Crippen molar-refractivity contribution < 1.29 is 4.79 Å². The first-order valence-corrected chi connectivity index (χ1v) is 8.06. The lowest BCUT2D eigenvalue weighted by Crippen LogP contribution is -2.39. The number of likely N-dealkylation sites (tertiary alicyclic amines) is 1. The number of amides is 1. The number of nitrogens with zero attached hydrogens (tertiary/aromatic N) is 2. The highest BCUT2D eigenvalue weighted by atomic mass is 16.2. The second-order valence-corrected chi connectivity index (χ2v) is 6.43. The smallest absolute Gasteiger partial charge is 0.244 e. The van der Waals surface area contributed by atoms with Gasteiger partial charge in [-0.2, -0.15) is 0 Å². The van der Waals surface area contributed by atoms with Crippen LogP contribution >= 0.6 is 0 Å². The molecular weight excluding hydrogens is 238 g/mol. The van der Waals surface area contributed by atoms with Gasteiger partial charge in [0, 0.05) is 6.54 Å². The fourth-order valence-corrected chi connectivity index (χ4v) is 3.59. The van der Waals surface area contributed by atoms with E-state index >= 15 is 0 Å². The number of rotatable bonds is 6. The summed E-state index contributed by atoms with van der Waals surface area (Å²) in [5.74, 6) is 0.382. The number of nitrogens with one attached hydrogen (secondary N) is 1. The normalized spacial score (nSPS) is 29.6. The first-order chi connectivity index (χ1) is 9.25. The molecule has 1 atom stereocenters. The fourth-order valence-electron chi connectivity index (χ4n) is 3.59. The Morgan fingerprint density at radius 3 is 2.63 bits per heavy atom. The van der Waals surface area contributed by atoms with Crippen molar-refractivity contribution in [3.05, 3.63) is 0 Å². The molecule has 1 amide bonds. The van der Waals surface area contributed by atoms with Crippen LogP contribution in [0, 0.1) is 0 Å². The molecule has 2 aliphatic heterocycles. The van der Waals surface area contributed by atoms with Gasteiger partial charge in [0.2, 0.25) is 5.91 Å². The molecular formula is C15H27N3O. The molecule has 1 saturated carbocycles. The fraction of sp³-hybridized carbons (Fsp3) is 0.933. The highest BCUT2D eigenvalue weighted by Gasteiger charge is 2.58. The molecule has 4 heteroatoms. The van der Waals surface area contributed by atoms with Crippen LogP contribution in [0.5, 0.6) is 0 Å². The van der Waals surface area contributed by atoms with Crippen LogP contribution in [0.1, 0.15) is 51.9 Å². The van der Waals surface area contributed by atoms with Gasteiger partial charge in [0.05, 0.1) is 11.7 Å². The molecule has 3 rings (SSSR count). The summed E-state index contributed by atoms with van der Waals surface area (Å²) >= 11 is 0. The van der Waals surface area contributed by atoms with Crippen LogP contribution in [0.4, 0.5) is 0 Å². The van der Waals surface area contributed by atoms with Gasteiger partial charge in [0.25, 0.3) is 0 Å². The van der Waals surface area contributed by atoms with E-state index < -0.39 is 0 Å². The molecule has 1 unspecified atom stereocenters. The van der Waals surface area contributed by atoms with Crippen molar-refractivity contribution in [3.8, 4) is 0 Å². The maximum atomic E-state index is 12.5. The van der Waals surface area contributed by atoms with Gasteiger partial charge in [0.1, 0.15) is 0 Å². The van der Waals surface area contributed by atoms with Crippen molar-refractivity contribution in [1.82, 2.24) is 15.1 Å². The third-order valence-corrected chi connectivity index (χ3v) is 4.87. The first-order valence-electron chi connectivity index (χ1n) is 8.06. The standard InChI is InChI=1S/C15H27N3O/c1-2-6-13-16-15(7-8-15)14(19)18(13)12-5-11-17-9-3-4-10-17/h13,16H,2-12H2,1H3. The molecule has 3 fully saturated rings. The average molecular weight is 265 g/mol. The molecule has 0 aromatic heterocycles. The summed E-state index contributed by atoms with van der Waals surface area (Å²) in [4.78, 5) is 17.1. The molecule has 0 radical (unpaired) electrons. The number of carbonyl (C=O) groups is 1. The van der Waals surface area contributed by atoms with Crippen LogP contribution < -0.4 is 5.32 Å². The van der Waals surface area contributed by atoms with E-state index in [0.29, 0.717) is 12.1 Å². The van der Waals surface area contributed by atoms with Gasteiger partial charge in [-0.05, 0) is 58.2 Å². The molecule has 1 spiro atoms. The average Bonchev–Trinajstić information content (AvgIpc) is 2.90. The van der Waals surface area contributed by atoms with Crippen molar-refractivity contribution in [1.29, 1.82) is 0 Å². The third-order valence-electron chi connectivity index (χ3n) is 4.87. The summed E-state index contributed by atoms with van der Waals surface area (Å²) in [6.07, 6.45) is 8.48. The Balaban J connectivity index is 1.50. The molecule has 0 aromatic rings. The van der Waals surface area contributed by atoms with E-state index in [2.05, 4.69) is 22.0 Å². The molecule has 1 N–H and O–H groups in total. The Kier molecular flexibility index (Phi) is 3.81. The van der Waals surface area contributed by atoms with Crippen molar-refractivity contribution in [2.24, 2.45) is 0 Å². The van der Waals surface area contributed by atoms with Gasteiger partial charge in [-0.1, -0.05) is 13.3 Å². The van der Waals surface area contributed by atoms with E-state index in [0.717, 1.165) is 45.2 Å². The van der Waals surface area contributed by atoms with E-state index in [1.165, 1.54) is 25.9 Å². The zero-order valence-corrected chi connectivity index (χ0v) is 12.2. The summed E-state index contributed by atoms with van der Waals surface area (Å²) in [5, 5.41) is 3.58. The van der Waals surface area contributed by atoms with Gasteiger partial charge in [-0.3, -0.25) is 10.1 Å². The summed E-state index contributed by atoms with van der Waals surface area (Å²) in [7, 11) is 0. The predicted octanol–water partition coefficient (Wildman–Crippen LogP) is 1.56. The Morgan fingerprint density at radius 1 is 1.26 bits per heavy atom. The first kappa shape index (κ1) is 13.4. The van der Waals surface area contributed by atoms with Crippen molar-refractivity contribution in [2.75, 3.05) is 26.2 Å². The summed E-state index contributed by atoms with van der Waals surface area (Å²) in [6.45, 7) is 6.82. The van der Waals surface area contributed by atoms with Crippen molar-refractivity contribution >= 4 is 5.91 Å². The van der Waals surface area contributed by atoms with E-state index in [4.69, 9.17) is 0 Å². The van der Waals surface area contributed by atoms with Crippen LogP contribution in [-0.2, 0) is 4.79 Å². The Morgan fingerprint density at radius 2 is 2.00 bits per heavy atom. The SMILES string of the molecule is CCCC1NC2(CC2)C(=O)N1CCCN1CCCC1. The molecule has 2 saturated heterocycles. The minimum absolute atomic E-state index is 0.131. The van der Waals surface area contributed by atoms with Gasteiger partial charge >= 0.3 is 0 Å². The summed E-state index contributed by atoms with van der Waals surface area (Å²) in [5.41, 5.74) is -0.131. The maximum Gasteiger partial charge on any atom is 0.244 e. The van der Waals surface area contributed by atoms with Crippen LogP contribution in [0.3, 0.4) is 0 Å². The second-order valence-electron chi connectivity index (χ2n) is 6.43. The lowest BCUT2D eigenvalue weighted by atomic mass is 10.2. The van der Waals surface area contributed by atoms with Gasteiger partial charge in [-0.25, -0.2) is 0 Å². The van der Waals surface area contributed by atoms with Gasteiger partial charge in [0.15, 0.2) is 0 Å². The highest BCUT2D eigenvalue weighted by molar-refractivity contribution is 5.91. The summed E-state index contributed by atoms with van der Waals surface area (Å²) < 4.78 is 0. The molecule has 108 valence electrons. The third kappa shape index (κ3) is 2.65. The predicted molar refractivity (Wildman–Crippen MR) is 75.8 cm³/mol. The van der Waals surface area contributed by atoms with E-state index in [1.54, 1.807) is 0 Å². The van der Waals surface area contributed by atoms with Crippen molar-refractivity contribution in [2.45, 2.75) is 63.6 Å². The van der Waals surface area contributed by atoms with E-state index in [9.17, 15) is 4.79 Å². The van der Waals surface area contributed by atoms with Crippen LogP contribution in [0.15, 0.2) is 0 Å². The topological polar surface area (TPSA) is 35.6 Å². The zero-order valence-electron chi connectivity index (χ0n) is 12.2. The second kappa shape index (κ2) is 5.41. The van der Waals surface area contributed by atoms with Crippen LogP contribution in [-0.4, -0.2) is 53.6 Å². The van der Waals surface area contributed by atoms with E-state index in [-0.39, 0.29) is 5.54 Å².